The SMILES string of the molecule is CCCNCc1cc(CCC)nc(NCC(C)OC)c1. The van der Waals surface area contributed by atoms with E-state index in [4.69, 9.17) is 4.74 Å². The summed E-state index contributed by atoms with van der Waals surface area (Å²) in [7, 11) is 1.73. The van der Waals surface area contributed by atoms with Crippen LogP contribution < -0.4 is 10.6 Å². The minimum absolute atomic E-state index is 0.188. The number of methoxy groups -OCH3 is 1. The van der Waals surface area contributed by atoms with Crippen LogP contribution in [0.25, 0.3) is 0 Å². The zero-order chi connectivity index (χ0) is 14.8. The first-order valence-electron chi connectivity index (χ1n) is 7.66. The van der Waals surface area contributed by atoms with E-state index in [1.165, 1.54) is 5.56 Å². The molecule has 0 aliphatic rings. The van der Waals surface area contributed by atoms with Gasteiger partial charge >= 0.3 is 0 Å². The number of nitrogens with zero attached hydrogens (tertiary/aromatic N) is 1. The predicted molar refractivity (Wildman–Crippen MR) is 85.2 cm³/mol. The average molecular weight is 279 g/mol. The van der Waals surface area contributed by atoms with Gasteiger partial charge in [-0.1, -0.05) is 20.3 Å². The van der Waals surface area contributed by atoms with E-state index < -0.39 is 0 Å². The maximum atomic E-state index is 5.26. The van der Waals surface area contributed by atoms with Crippen molar-refractivity contribution in [2.75, 3.05) is 25.5 Å². The van der Waals surface area contributed by atoms with Crippen molar-refractivity contribution >= 4 is 5.82 Å². The van der Waals surface area contributed by atoms with Gasteiger partial charge in [-0.25, -0.2) is 4.98 Å². The molecule has 2 N–H and O–H groups in total. The highest BCUT2D eigenvalue weighted by atomic mass is 16.5. The predicted octanol–water partition coefficient (Wildman–Crippen LogP) is 2.98. The van der Waals surface area contributed by atoms with E-state index in [9.17, 15) is 0 Å². The van der Waals surface area contributed by atoms with Crippen LogP contribution in [0.3, 0.4) is 0 Å². The molecule has 0 spiro atoms. The lowest BCUT2D eigenvalue weighted by Gasteiger charge is -2.14. The Labute approximate surface area is 123 Å². The van der Waals surface area contributed by atoms with Crippen LogP contribution in [0.5, 0.6) is 0 Å². The fourth-order valence-corrected chi connectivity index (χ4v) is 1.97. The van der Waals surface area contributed by atoms with Crippen LogP contribution in [0.4, 0.5) is 5.82 Å². The first-order valence-corrected chi connectivity index (χ1v) is 7.66. The zero-order valence-corrected chi connectivity index (χ0v) is 13.3. The van der Waals surface area contributed by atoms with Gasteiger partial charge in [0.2, 0.25) is 0 Å². The van der Waals surface area contributed by atoms with Gasteiger partial charge in [-0.15, -0.1) is 0 Å². The lowest BCUT2D eigenvalue weighted by atomic mass is 10.1. The third-order valence-electron chi connectivity index (χ3n) is 3.17. The Balaban J connectivity index is 2.70. The van der Waals surface area contributed by atoms with Gasteiger partial charge in [-0.2, -0.15) is 0 Å². The number of aryl methyl sites for hydroxylation is 1. The van der Waals surface area contributed by atoms with Crippen molar-refractivity contribution in [1.82, 2.24) is 10.3 Å². The fourth-order valence-electron chi connectivity index (χ4n) is 1.97. The molecule has 0 aromatic carbocycles. The highest BCUT2D eigenvalue weighted by Gasteiger charge is 2.04. The molecular formula is C16H29N3O. The topological polar surface area (TPSA) is 46.2 Å². The fraction of sp³-hybridized carbons (Fsp3) is 0.688. The lowest BCUT2D eigenvalue weighted by Crippen LogP contribution is -2.19. The van der Waals surface area contributed by atoms with Gasteiger partial charge < -0.3 is 15.4 Å². The summed E-state index contributed by atoms with van der Waals surface area (Å²) >= 11 is 0. The van der Waals surface area contributed by atoms with Gasteiger partial charge in [0, 0.05) is 25.9 Å². The van der Waals surface area contributed by atoms with Crippen molar-refractivity contribution in [1.29, 1.82) is 0 Å². The summed E-state index contributed by atoms with van der Waals surface area (Å²) in [6, 6.07) is 4.33. The van der Waals surface area contributed by atoms with Crippen LogP contribution in [0.15, 0.2) is 12.1 Å². The van der Waals surface area contributed by atoms with E-state index in [1.807, 2.05) is 6.92 Å². The number of hydrogen-bond donors (Lipinski definition) is 2. The number of aromatic nitrogens is 1. The smallest absolute Gasteiger partial charge is 0.126 e. The van der Waals surface area contributed by atoms with Crippen LogP contribution in [-0.4, -0.2) is 31.3 Å². The van der Waals surface area contributed by atoms with E-state index >= 15 is 0 Å². The van der Waals surface area contributed by atoms with Crippen molar-refractivity contribution in [3.63, 3.8) is 0 Å². The average Bonchev–Trinajstić information content (AvgIpc) is 2.45. The van der Waals surface area contributed by atoms with Crippen molar-refractivity contribution in [2.24, 2.45) is 0 Å². The van der Waals surface area contributed by atoms with Crippen molar-refractivity contribution < 1.29 is 4.74 Å². The molecule has 0 aliphatic heterocycles. The minimum Gasteiger partial charge on any atom is -0.380 e. The Bertz CT molecular complexity index is 382. The summed E-state index contributed by atoms with van der Waals surface area (Å²) in [5.74, 6) is 0.952. The number of ether oxygens (including phenoxy) is 1. The van der Waals surface area contributed by atoms with Crippen molar-refractivity contribution in [3.8, 4) is 0 Å². The summed E-state index contributed by atoms with van der Waals surface area (Å²) in [6.45, 7) is 9.15. The highest BCUT2D eigenvalue weighted by molar-refractivity contribution is 5.40. The van der Waals surface area contributed by atoms with E-state index in [-0.39, 0.29) is 6.10 Å². The number of nitrogens with one attached hydrogen (secondary N) is 2. The zero-order valence-electron chi connectivity index (χ0n) is 13.3. The highest BCUT2D eigenvalue weighted by Crippen LogP contribution is 2.12. The molecule has 4 heteroatoms. The van der Waals surface area contributed by atoms with Gasteiger partial charge in [0.25, 0.3) is 0 Å². The van der Waals surface area contributed by atoms with Crippen molar-refractivity contribution in [2.45, 2.75) is 52.7 Å². The quantitative estimate of drug-likeness (QED) is 0.646. The van der Waals surface area contributed by atoms with Crippen LogP contribution >= 0.6 is 0 Å². The monoisotopic (exact) mass is 279 g/mol. The van der Waals surface area contributed by atoms with Crippen LogP contribution in [-0.2, 0) is 17.7 Å². The van der Waals surface area contributed by atoms with E-state index in [0.717, 1.165) is 50.4 Å². The molecule has 1 heterocycles. The Morgan fingerprint density at radius 2 is 2.05 bits per heavy atom. The molecule has 0 aliphatic carbocycles. The molecule has 1 aromatic rings. The Morgan fingerprint density at radius 1 is 1.25 bits per heavy atom. The molecule has 20 heavy (non-hydrogen) atoms. The number of anilines is 1. The number of hydrogen-bond acceptors (Lipinski definition) is 4. The van der Waals surface area contributed by atoms with Gasteiger partial charge in [-0.3, -0.25) is 0 Å². The molecule has 1 atom stereocenters. The molecule has 114 valence electrons. The van der Waals surface area contributed by atoms with E-state index in [0.29, 0.717) is 0 Å². The molecule has 1 rings (SSSR count). The third kappa shape index (κ3) is 6.35. The molecule has 0 fully saturated rings. The second-order valence-corrected chi connectivity index (χ2v) is 5.21. The van der Waals surface area contributed by atoms with Crippen molar-refractivity contribution in [3.05, 3.63) is 23.4 Å². The Kier molecular flexibility index (Phi) is 8.23. The van der Waals surface area contributed by atoms with Crippen LogP contribution in [0, 0.1) is 0 Å². The summed E-state index contributed by atoms with van der Waals surface area (Å²) in [6.07, 6.45) is 3.49. The number of rotatable bonds is 10. The molecule has 0 bridgehead atoms. The molecule has 1 unspecified atom stereocenters. The molecule has 0 radical (unpaired) electrons. The molecule has 0 saturated heterocycles. The molecular weight excluding hydrogens is 250 g/mol. The second kappa shape index (κ2) is 9.72. The van der Waals surface area contributed by atoms with Gasteiger partial charge in [0.15, 0.2) is 0 Å². The van der Waals surface area contributed by atoms with Crippen LogP contribution in [0.1, 0.15) is 44.9 Å². The summed E-state index contributed by atoms with van der Waals surface area (Å²) in [5.41, 5.74) is 2.46. The maximum Gasteiger partial charge on any atom is 0.126 e. The summed E-state index contributed by atoms with van der Waals surface area (Å²) in [4.78, 5) is 4.66. The first kappa shape index (κ1) is 16.9. The number of pyridine rings is 1. The largest absolute Gasteiger partial charge is 0.380 e. The molecule has 0 saturated carbocycles. The summed E-state index contributed by atoms with van der Waals surface area (Å²) < 4.78 is 5.26. The summed E-state index contributed by atoms with van der Waals surface area (Å²) in [5, 5.41) is 6.80. The molecule has 0 amide bonds. The first-order chi connectivity index (χ1) is 9.69. The maximum absolute atomic E-state index is 5.26. The Morgan fingerprint density at radius 3 is 2.70 bits per heavy atom. The molecule has 1 aromatic heterocycles. The Hall–Kier alpha value is -1.13. The minimum atomic E-state index is 0.188. The van der Waals surface area contributed by atoms with Crippen LogP contribution in [0.2, 0.25) is 0 Å². The third-order valence-corrected chi connectivity index (χ3v) is 3.17. The van der Waals surface area contributed by atoms with Gasteiger partial charge in [0.1, 0.15) is 5.82 Å². The standard InChI is InChI=1S/C16H29N3O/c1-5-7-15-9-14(12-17-8-6-2)10-16(19-15)18-11-13(3)20-4/h9-10,13,17H,5-8,11-12H2,1-4H3,(H,18,19). The van der Waals surface area contributed by atoms with Gasteiger partial charge in [-0.05, 0) is 44.0 Å². The second-order valence-electron chi connectivity index (χ2n) is 5.21. The van der Waals surface area contributed by atoms with E-state index in [1.54, 1.807) is 7.11 Å². The van der Waals surface area contributed by atoms with Gasteiger partial charge in [0.05, 0.1) is 6.10 Å². The lowest BCUT2D eigenvalue weighted by molar-refractivity contribution is 0.128. The molecule has 4 nitrogen and oxygen atoms in total. The normalized spacial score (nSPS) is 12.4. The van der Waals surface area contributed by atoms with E-state index in [2.05, 4.69) is 41.6 Å².